The zero-order valence-electron chi connectivity index (χ0n) is 15.3. The highest BCUT2D eigenvalue weighted by Gasteiger charge is 2.21. The summed E-state index contributed by atoms with van der Waals surface area (Å²) in [6, 6.07) is 18.0. The number of amides is 1. The van der Waals surface area contributed by atoms with E-state index in [0.29, 0.717) is 13.0 Å². The molecule has 27 heavy (non-hydrogen) atoms. The molecule has 3 aromatic rings. The Balaban J connectivity index is 1.48. The van der Waals surface area contributed by atoms with Crippen LogP contribution in [0.2, 0.25) is 0 Å². The summed E-state index contributed by atoms with van der Waals surface area (Å²) in [7, 11) is 0. The zero-order chi connectivity index (χ0) is 18.9. The fourth-order valence-corrected chi connectivity index (χ4v) is 3.51. The molecule has 1 unspecified atom stereocenters. The van der Waals surface area contributed by atoms with Crippen molar-refractivity contribution in [1.82, 2.24) is 25.5 Å². The molecular weight excluding hydrogens is 358 g/mol. The number of carbonyl (C=O) groups is 1. The molecule has 0 fully saturated rings. The second kappa shape index (κ2) is 9.87. The number of thioether (sulfide) groups is 1. The summed E-state index contributed by atoms with van der Waals surface area (Å²) in [4.78, 5) is 12.7. The molecule has 0 spiro atoms. The summed E-state index contributed by atoms with van der Waals surface area (Å²) >= 11 is 1.81. The molecule has 1 atom stereocenters. The number of tetrazole rings is 1. The lowest BCUT2D eigenvalue weighted by Gasteiger charge is -2.16. The van der Waals surface area contributed by atoms with Gasteiger partial charge in [0.2, 0.25) is 5.91 Å². The van der Waals surface area contributed by atoms with Crippen molar-refractivity contribution in [2.75, 3.05) is 12.3 Å². The fraction of sp³-hybridized carbons (Fsp3) is 0.300. The van der Waals surface area contributed by atoms with Crippen LogP contribution in [0.5, 0.6) is 0 Å². The molecule has 140 valence electrons. The molecule has 1 amide bonds. The summed E-state index contributed by atoms with van der Waals surface area (Å²) in [5, 5.41) is 14.3. The normalized spacial score (nSPS) is 11.9. The summed E-state index contributed by atoms with van der Waals surface area (Å²) in [6.07, 6.45) is 2.04. The standard InChI is InChI=1S/C20H23N5OS/c1-16-7-9-18(10-8-16)14-27-12-11-21-20(26)19(25-15-22-23-24-25)13-17-5-3-2-4-6-17/h2-10,15,19H,11-14H2,1H3,(H,21,26). The number of benzene rings is 2. The van der Waals surface area contributed by atoms with Crippen molar-refractivity contribution in [1.29, 1.82) is 0 Å². The Kier molecular flexibility index (Phi) is 6.98. The van der Waals surface area contributed by atoms with Gasteiger partial charge in [0.1, 0.15) is 12.4 Å². The first-order valence-electron chi connectivity index (χ1n) is 8.90. The first-order chi connectivity index (χ1) is 13.2. The van der Waals surface area contributed by atoms with Crippen LogP contribution in [0.15, 0.2) is 60.9 Å². The van der Waals surface area contributed by atoms with Crippen LogP contribution < -0.4 is 5.32 Å². The van der Waals surface area contributed by atoms with Crippen molar-refractivity contribution in [2.45, 2.75) is 25.1 Å². The lowest BCUT2D eigenvalue weighted by atomic mass is 10.1. The van der Waals surface area contributed by atoms with E-state index in [1.54, 1.807) is 11.8 Å². The number of hydrogen-bond acceptors (Lipinski definition) is 5. The maximum Gasteiger partial charge on any atom is 0.245 e. The lowest BCUT2D eigenvalue weighted by Crippen LogP contribution is -2.35. The van der Waals surface area contributed by atoms with Gasteiger partial charge in [0.05, 0.1) is 0 Å². The average molecular weight is 382 g/mol. The van der Waals surface area contributed by atoms with E-state index in [-0.39, 0.29) is 5.91 Å². The highest BCUT2D eigenvalue weighted by atomic mass is 32.2. The molecule has 6 nitrogen and oxygen atoms in total. The molecule has 0 aliphatic heterocycles. The molecule has 3 rings (SSSR count). The second-order valence-corrected chi connectivity index (χ2v) is 7.43. The van der Waals surface area contributed by atoms with Gasteiger partial charge in [-0.15, -0.1) is 5.10 Å². The van der Waals surface area contributed by atoms with Gasteiger partial charge in [0, 0.05) is 24.5 Å². The maximum atomic E-state index is 12.7. The van der Waals surface area contributed by atoms with E-state index in [2.05, 4.69) is 52.0 Å². The Bertz CT molecular complexity index is 821. The largest absolute Gasteiger partial charge is 0.353 e. The quantitative estimate of drug-likeness (QED) is 0.577. The Hall–Kier alpha value is -2.67. The van der Waals surface area contributed by atoms with Gasteiger partial charge >= 0.3 is 0 Å². The van der Waals surface area contributed by atoms with Gasteiger partial charge in [-0.2, -0.15) is 11.8 Å². The fourth-order valence-electron chi connectivity index (χ4n) is 2.69. The molecule has 1 aromatic heterocycles. The zero-order valence-corrected chi connectivity index (χ0v) is 16.1. The smallest absolute Gasteiger partial charge is 0.245 e. The van der Waals surface area contributed by atoms with Gasteiger partial charge in [-0.1, -0.05) is 60.2 Å². The third kappa shape index (κ3) is 5.92. The van der Waals surface area contributed by atoms with Crippen LogP contribution in [-0.2, 0) is 17.0 Å². The van der Waals surface area contributed by atoms with E-state index in [1.165, 1.54) is 22.1 Å². The van der Waals surface area contributed by atoms with Crippen molar-refractivity contribution < 1.29 is 4.79 Å². The highest BCUT2D eigenvalue weighted by molar-refractivity contribution is 7.98. The van der Waals surface area contributed by atoms with Crippen LogP contribution in [0.1, 0.15) is 22.7 Å². The highest BCUT2D eigenvalue weighted by Crippen LogP contribution is 2.14. The summed E-state index contributed by atoms with van der Waals surface area (Å²) < 4.78 is 1.52. The van der Waals surface area contributed by atoms with Crippen LogP contribution in [-0.4, -0.2) is 38.4 Å². The van der Waals surface area contributed by atoms with Crippen molar-refractivity contribution >= 4 is 17.7 Å². The maximum absolute atomic E-state index is 12.7. The number of nitrogens with one attached hydrogen (secondary N) is 1. The summed E-state index contributed by atoms with van der Waals surface area (Å²) in [5.41, 5.74) is 3.64. The van der Waals surface area contributed by atoms with E-state index < -0.39 is 6.04 Å². The van der Waals surface area contributed by atoms with Crippen LogP contribution >= 0.6 is 11.8 Å². The number of hydrogen-bond donors (Lipinski definition) is 1. The van der Waals surface area contributed by atoms with Crippen molar-refractivity contribution in [3.8, 4) is 0 Å². The predicted molar refractivity (Wildman–Crippen MR) is 107 cm³/mol. The minimum atomic E-state index is -0.454. The number of aromatic nitrogens is 4. The van der Waals surface area contributed by atoms with Gasteiger partial charge in [-0.25, -0.2) is 4.68 Å². The first kappa shape index (κ1) is 19.1. The minimum Gasteiger partial charge on any atom is -0.353 e. The molecular formula is C20H23N5OS. The number of rotatable bonds is 9. The molecule has 0 aliphatic carbocycles. The third-order valence-electron chi connectivity index (χ3n) is 4.19. The first-order valence-corrected chi connectivity index (χ1v) is 10.1. The third-order valence-corrected chi connectivity index (χ3v) is 5.22. The average Bonchev–Trinajstić information content (AvgIpc) is 3.22. The molecule has 1 N–H and O–H groups in total. The summed E-state index contributed by atoms with van der Waals surface area (Å²) in [5.74, 6) is 1.73. The van der Waals surface area contributed by atoms with Crippen LogP contribution in [0.4, 0.5) is 0 Å². The number of carbonyl (C=O) groups excluding carboxylic acids is 1. The molecule has 0 saturated carbocycles. The van der Waals surface area contributed by atoms with Gasteiger partial charge in [0.15, 0.2) is 0 Å². The summed E-state index contributed by atoms with van der Waals surface area (Å²) in [6.45, 7) is 2.70. The predicted octanol–water partition coefficient (Wildman–Crippen LogP) is 2.81. The topological polar surface area (TPSA) is 72.7 Å². The molecule has 1 heterocycles. The van der Waals surface area contributed by atoms with Crippen molar-refractivity contribution in [3.05, 3.63) is 77.6 Å². The Morgan fingerprint density at radius 1 is 1.11 bits per heavy atom. The molecule has 7 heteroatoms. The van der Waals surface area contributed by atoms with E-state index in [0.717, 1.165) is 17.1 Å². The number of nitrogens with zero attached hydrogens (tertiary/aromatic N) is 4. The monoisotopic (exact) mass is 381 g/mol. The molecule has 0 saturated heterocycles. The van der Waals surface area contributed by atoms with Gasteiger partial charge in [-0.3, -0.25) is 4.79 Å². The Morgan fingerprint density at radius 2 is 1.89 bits per heavy atom. The molecule has 2 aromatic carbocycles. The van der Waals surface area contributed by atoms with Crippen molar-refractivity contribution in [2.24, 2.45) is 0 Å². The second-order valence-electron chi connectivity index (χ2n) is 6.32. The van der Waals surface area contributed by atoms with Crippen molar-refractivity contribution in [3.63, 3.8) is 0 Å². The Labute approximate surface area is 163 Å². The Morgan fingerprint density at radius 3 is 2.59 bits per heavy atom. The molecule has 0 bridgehead atoms. The lowest BCUT2D eigenvalue weighted by molar-refractivity contribution is -0.124. The van der Waals surface area contributed by atoms with E-state index >= 15 is 0 Å². The van der Waals surface area contributed by atoms with Crippen LogP contribution in [0.25, 0.3) is 0 Å². The van der Waals surface area contributed by atoms with Crippen LogP contribution in [0, 0.1) is 6.92 Å². The van der Waals surface area contributed by atoms with Gasteiger partial charge in [0.25, 0.3) is 0 Å². The molecule has 0 radical (unpaired) electrons. The van der Waals surface area contributed by atoms with Gasteiger partial charge < -0.3 is 5.32 Å². The number of aryl methyl sites for hydroxylation is 1. The minimum absolute atomic E-state index is 0.0675. The SMILES string of the molecule is Cc1ccc(CSCCNC(=O)C(Cc2ccccc2)n2cnnn2)cc1. The van der Waals surface area contributed by atoms with Gasteiger partial charge in [-0.05, 0) is 28.5 Å². The van der Waals surface area contributed by atoms with E-state index in [4.69, 9.17) is 0 Å². The van der Waals surface area contributed by atoms with Crippen LogP contribution in [0.3, 0.4) is 0 Å². The molecule has 0 aliphatic rings. The van der Waals surface area contributed by atoms with E-state index in [9.17, 15) is 4.79 Å². The van der Waals surface area contributed by atoms with E-state index in [1.807, 2.05) is 30.3 Å².